The monoisotopic (exact) mass is 369 g/mol. The number of hydrogen-bond donors (Lipinski definition) is 2. The van der Waals surface area contributed by atoms with Crippen molar-refractivity contribution in [3.63, 3.8) is 0 Å². The highest BCUT2D eigenvalue weighted by Crippen LogP contribution is 2.23. The third-order valence-corrected chi connectivity index (χ3v) is 4.27. The molecule has 0 bridgehead atoms. The van der Waals surface area contributed by atoms with Gasteiger partial charge in [0.25, 0.3) is 0 Å². The molecular formula is C22H19N5O. The Kier molecular flexibility index (Phi) is 5.20. The van der Waals surface area contributed by atoms with Gasteiger partial charge in [-0.15, -0.1) is 0 Å². The highest BCUT2D eigenvalue weighted by molar-refractivity contribution is 5.65. The minimum atomic E-state index is 0.303. The Labute approximate surface area is 163 Å². The van der Waals surface area contributed by atoms with Gasteiger partial charge in [0.05, 0.1) is 5.69 Å². The molecule has 0 aliphatic rings. The van der Waals surface area contributed by atoms with Crippen LogP contribution in [0.3, 0.4) is 0 Å². The summed E-state index contributed by atoms with van der Waals surface area (Å²) in [5.41, 5.74) is 3.28. The van der Waals surface area contributed by atoms with Gasteiger partial charge in [0.15, 0.2) is 5.82 Å². The molecule has 138 valence electrons. The third kappa shape index (κ3) is 4.12. The average Bonchev–Trinajstić information content (AvgIpc) is 2.76. The molecular weight excluding hydrogens is 350 g/mol. The predicted molar refractivity (Wildman–Crippen MR) is 109 cm³/mol. The molecule has 3 heterocycles. The van der Waals surface area contributed by atoms with Crippen molar-refractivity contribution in [1.29, 1.82) is 0 Å². The van der Waals surface area contributed by atoms with Crippen molar-refractivity contribution in [2.45, 2.75) is 6.42 Å². The Morgan fingerprint density at radius 1 is 0.857 bits per heavy atom. The largest absolute Gasteiger partial charge is 0.508 e. The molecule has 2 N–H and O–H groups in total. The topological polar surface area (TPSA) is 83.8 Å². The highest BCUT2D eigenvalue weighted by Gasteiger charge is 2.10. The van der Waals surface area contributed by atoms with Gasteiger partial charge in [-0.25, -0.2) is 9.97 Å². The minimum absolute atomic E-state index is 0.303. The van der Waals surface area contributed by atoms with Gasteiger partial charge in [0.1, 0.15) is 17.3 Å². The number of hydrogen-bond acceptors (Lipinski definition) is 6. The first-order valence-corrected chi connectivity index (χ1v) is 9.01. The lowest BCUT2D eigenvalue weighted by atomic mass is 10.1. The molecule has 28 heavy (non-hydrogen) atoms. The lowest BCUT2D eigenvalue weighted by Gasteiger charge is -2.10. The van der Waals surface area contributed by atoms with Crippen LogP contribution in [0.2, 0.25) is 0 Å². The average molecular weight is 369 g/mol. The van der Waals surface area contributed by atoms with E-state index >= 15 is 0 Å². The first-order chi connectivity index (χ1) is 13.8. The summed E-state index contributed by atoms with van der Waals surface area (Å²) < 4.78 is 0. The number of rotatable bonds is 6. The van der Waals surface area contributed by atoms with Gasteiger partial charge in [-0.2, -0.15) is 0 Å². The Hall–Kier alpha value is -3.80. The summed E-state index contributed by atoms with van der Waals surface area (Å²) in [5.74, 6) is 1.55. The van der Waals surface area contributed by atoms with Crippen LogP contribution in [0.1, 0.15) is 5.56 Å². The van der Waals surface area contributed by atoms with Crippen molar-refractivity contribution in [3.05, 3.63) is 84.8 Å². The molecule has 6 heteroatoms. The second-order valence-corrected chi connectivity index (χ2v) is 6.22. The number of phenolic OH excluding ortho intramolecular Hbond substituents is 1. The Morgan fingerprint density at radius 3 is 2.54 bits per heavy atom. The standard InChI is InChI=1S/C22H19N5O/c28-20-9-2-1-6-16(20)10-13-25-21-14-19(17-7-5-11-23-15-17)26-22(27-21)18-8-3-4-12-24-18/h1-9,11-12,14-15,28H,10,13H2,(H,25,26,27). The lowest BCUT2D eigenvalue weighted by Crippen LogP contribution is -2.08. The van der Waals surface area contributed by atoms with Crippen molar-refractivity contribution < 1.29 is 5.11 Å². The second kappa shape index (κ2) is 8.26. The van der Waals surface area contributed by atoms with E-state index in [1.807, 2.05) is 54.6 Å². The fourth-order valence-corrected chi connectivity index (χ4v) is 2.86. The van der Waals surface area contributed by atoms with Gasteiger partial charge >= 0.3 is 0 Å². The van der Waals surface area contributed by atoms with E-state index in [9.17, 15) is 5.11 Å². The molecule has 0 aliphatic carbocycles. The van der Waals surface area contributed by atoms with E-state index < -0.39 is 0 Å². The molecule has 0 fully saturated rings. The number of benzene rings is 1. The molecule has 0 aliphatic heterocycles. The molecule has 4 aromatic rings. The van der Waals surface area contributed by atoms with Crippen molar-refractivity contribution in [1.82, 2.24) is 19.9 Å². The number of nitrogens with one attached hydrogen (secondary N) is 1. The predicted octanol–water partition coefficient (Wildman–Crippen LogP) is 3.96. The van der Waals surface area contributed by atoms with Crippen molar-refractivity contribution in [3.8, 4) is 28.5 Å². The molecule has 0 saturated carbocycles. The van der Waals surface area contributed by atoms with Crippen LogP contribution in [-0.4, -0.2) is 31.6 Å². The number of nitrogens with zero attached hydrogens (tertiary/aromatic N) is 4. The molecule has 0 saturated heterocycles. The van der Waals surface area contributed by atoms with Gasteiger partial charge in [-0.1, -0.05) is 24.3 Å². The van der Waals surface area contributed by atoms with E-state index in [-0.39, 0.29) is 0 Å². The molecule has 4 rings (SSSR count). The zero-order valence-corrected chi connectivity index (χ0v) is 15.2. The van der Waals surface area contributed by atoms with E-state index in [4.69, 9.17) is 0 Å². The zero-order chi connectivity index (χ0) is 19.2. The van der Waals surface area contributed by atoms with Crippen LogP contribution in [0.4, 0.5) is 5.82 Å². The molecule has 1 aromatic carbocycles. The molecule has 3 aromatic heterocycles. The van der Waals surface area contributed by atoms with Gasteiger partial charge in [0, 0.05) is 36.8 Å². The normalized spacial score (nSPS) is 10.6. The maximum absolute atomic E-state index is 9.92. The third-order valence-electron chi connectivity index (χ3n) is 4.27. The van der Waals surface area contributed by atoms with Gasteiger partial charge in [-0.3, -0.25) is 9.97 Å². The number of pyridine rings is 2. The van der Waals surface area contributed by atoms with Crippen molar-refractivity contribution >= 4 is 5.82 Å². The molecule has 0 spiro atoms. The van der Waals surface area contributed by atoms with Gasteiger partial charge in [0.2, 0.25) is 0 Å². The molecule has 0 amide bonds. The number of aromatic hydroxyl groups is 1. The van der Waals surface area contributed by atoms with E-state index in [0.29, 0.717) is 36.1 Å². The highest BCUT2D eigenvalue weighted by atomic mass is 16.3. The zero-order valence-electron chi connectivity index (χ0n) is 15.2. The van der Waals surface area contributed by atoms with Crippen LogP contribution >= 0.6 is 0 Å². The Balaban J connectivity index is 1.61. The summed E-state index contributed by atoms with van der Waals surface area (Å²) in [4.78, 5) is 17.8. The Bertz CT molecular complexity index is 997. The van der Waals surface area contributed by atoms with E-state index in [1.54, 1.807) is 24.7 Å². The summed E-state index contributed by atoms with van der Waals surface area (Å²) >= 11 is 0. The lowest BCUT2D eigenvalue weighted by molar-refractivity contribution is 0.468. The molecule has 0 radical (unpaired) electrons. The first kappa shape index (κ1) is 17.6. The summed E-state index contributed by atoms with van der Waals surface area (Å²) in [7, 11) is 0. The molecule has 0 atom stereocenters. The maximum Gasteiger partial charge on any atom is 0.180 e. The van der Waals surface area contributed by atoms with Gasteiger partial charge in [-0.05, 0) is 42.3 Å². The quantitative estimate of drug-likeness (QED) is 0.535. The summed E-state index contributed by atoms with van der Waals surface area (Å²) in [5, 5.41) is 13.3. The van der Waals surface area contributed by atoms with E-state index in [0.717, 1.165) is 16.8 Å². The van der Waals surface area contributed by atoms with Crippen LogP contribution in [0.5, 0.6) is 5.75 Å². The second-order valence-electron chi connectivity index (χ2n) is 6.22. The van der Waals surface area contributed by atoms with Crippen LogP contribution in [0, 0.1) is 0 Å². The van der Waals surface area contributed by atoms with Gasteiger partial charge < -0.3 is 10.4 Å². The smallest absolute Gasteiger partial charge is 0.180 e. The van der Waals surface area contributed by atoms with Crippen LogP contribution in [0.25, 0.3) is 22.8 Å². The van der Waals surface area contributed by atoms with Crippen molar-refractivity contribution in [2.75, 3.05) is 11.9 Å². The van der Waals surface area contributed by atoms with Crippen LogP contribution in [0.15, 0.2) is 79.3 Å². The maximum atomic E-state index is 9.92. The minimum Gasteiger partial charge on any atom is -0.508 e. The number of phenols is 1. The van der Waals surface area contributed by atoms with Crippen LogP contribution in [-0.2, 0) is 6.42 Å². The SMILES string of the molecule is Oc1ccccc1CCNc1cc(-c2cccnc2)nc(-c2ccccn2)n1. The number of para-hydroxylation sites is 1. The number of anilines is 1. The molecule has 6 nitrogen and oxygen atoms in total. The van der Waals surface area contributed by atoms with Crippen LogP contribution < -0.4 is 5.32 Å². The fourth-order valence-electron chi connectivity index (χ4n) is 2.86. The molecule has 0 unspecified atom stereocenters. The number of aromatic nitrogens is 4. The van der Waals surface area contributed by atoms with Crippen molar-refractivity contribution in [2.24, 2.45) is 0 Å². The summed E-state index contributed by atoms with van der Waals surface area (Å²) in [6.07, 6.45) is 5.91. The van der Waals surface area contributed by atoms with E-state index in [2.05, 4.69) is 25.3 Å². The van der Waals surface area contributed by atoms with E-state index in [1.165, 1.54) is 0 Å². The Morgan fingerprint density at radius 2 is 1.75 bits per heavy atom. The summed E-state index contributed by atoms with van der Waals surface area (Å²) in [6.45, 7) is 0.628. The summed E-state index contributed by atoms with van der Waals surface area (Å²) in [6, 6.07) is 18.7. The first-order valence-electron chi connectivity index (χ1n) is 9.01. The fraction of sp³-hybridized carbons (Fsp3) is 0.0909.